The van der Waals surface area contributed by atoms with Gasteiger partial charge in [-0.3, -0.25) is 4.79 Å². The van der Waals surface area contributed by atoms with Crippen LogP contribution in [0.4, 0.5) is 0 Å². The fourth-order valence-electron chi connectivity index (χ4n) is 2.77. The van der Waals surface area contributed by atoms with Gasteiger partial charge in [-0.25, -0.2) is 14.5 Å². The molecule has 2 aromatic rings. The molecule has 2 heterocycles. The summed E-state index contributed by atoms with van der Waals surface area (Å²) in [6.45, 7) is 2.15. The lowest BCUT2D eigenvalue weighted by Crippen LogP contribution is -2.57. The number of hydrogen-bond donors (Lipinski definition) is 2. The first-order valence-corrected chi connectivity index (χ1v) is 8.61. The Kier molecular flexibility index (Phi) is 5.17. The molecular formula is C16H16Cl2N4O4. The predicted molar refractivity (Wildman–Crippen MR) is 94.0 cm³/mol. The number of aromatic nitrogens is 3. The Morgan fingerprint density at radius 1 is 1.27 bits per heavy atom. The first-order valence-electron chi connectivity index (χ1n) is 7.86. The topological polar surface area (TPSA) is 106 Å². The smallest absolute Gasteiger partial charge is 0.329 e. The normalized spacial score (nSPS) is 16.3. The van der Waals surface area contributed by atoms with Crippen LogP contribution in [-0.2, 0) is 9.53 Å². The van der Waals surface area contributed by atoms with Gasteiger partial charge in [-0.2, -0.15) is 0 Å². The average molecular weight is 399 g/mol. The molecule has 0 bridgehead atoms. The number of amides is 1. The van der Waals surface area contributed by atoms with Gasteiger partial charge in [0.25, 0.3) is 5.91 Å². The quantitative estimate of drug-likeness (QED) is 0.817. The summed E-state index contributed by atoms with van der Waals surface area (Å²) in [7, 11) is 0. The zero-order valence-corrected chi connectivity index (χ0v) is 15.3. The van der Waals surface area contributed by atoms with Gasteiger partial charge in [0.05, 0.1) is 10.0 Å². The van der Waals surface area contributed by atoms with E-state index >= 15 is 0 Å². The molecule has 0 aliphatic carbocycles. The Bertz CT molecular complexity index is 842. The molecule has 1 aromatic carbocycles. The van der Waals surface area contributed by atoms with Crippen molar-refractivity contribution >= 4 is 35.1 Å². The second-order valence-corrected chi connectivity index (χ2v) is 6.73. The molecule has 0 unspecified atom stereocenters. The SMILES string of the molecule is Cc1nc(C(=O)NC2(C(=O)O)CCOCC2)nn1-c1c(Cl)cccc1Cl. The molecule has 0 spiro atoms. The van der Waals surface area contributed by atoms with Crippen LogP contribution in [0.2, 0.25) is 10.0 Å². The van der Waals surface area contributed by atoms with Crippen molar-refractivity contribution in [2.24, 2.45) is 0 Å². The third kappa shape index (κ3) is 3.40. The molecule has 8 nitrogen and oxygen atoms in total. The zero-order chi connectivity index (χ0) is 18.9. The highest BCUT2D eigenvalue weighted by Crippen LogP contribution is 2.28. The molecule has 0 saturated carbocycles. The van der Waals surface area contributed by atoms with E-state index in [9.17, 15) is 14.7 Å². The number of halogens is 2. The van der Waals surface area contributed by atoms with E-state index in [1.54, 1.807) is 25.1 Å². The van der Waals surface area contributed by atoms with Crippen LogP contribution >= 0.6 is 23.2 Å². The Morgan fingerprint density at radius 2 is 1.88 bits per heavy atom. The molecule has 3 rings (SSSR count). The van der Waals surface area contributed by atoms with Crippen LogP contribution in [-0.4, -0.2) is 50.5 Å². The van der Waals surface area contributed by atoms with Crippen LogP contribution in [0.5, 0.6) is 0 Å². The lowest BCUT2D eigenvalue weighted by molar-refractivity contribution is -0.148. The number of hydrogen-bond acceptors (Lipinski definition) is 5. The summed E-state index contributed by atoms with van der Waals surface area (Å²) in [5, 5.41) is 17.0. The van der Waals surface area contributed by atoms with Crippen LogP contribution in [0.15, 0.2) is 18.2 Å². The number of nitrogens with one attached hydrogen (secondary N) is 1. The lowest BCUT2D eigenvalue weighted by Gasteiger charge is -2.33. The molecule has 1 aliphatic heterocycles. The van der Waals surface area contributed by atoms with Gasteiger partial charge in [-0.05, 0) is 19.1 Å². The van der Waals surface area contributed by atoms with Gasteiger partial charge >= 0.3 is 5.97 Å². The van der Waals surface area contributed by atoms with E-state index in [4.69, 9.17) is 27.9 Å². The van der Waals surface area contributed by atoms with Gasteiger partial charge in [0.1, 0.15) is 17.1 Å². The standard InChI is InChI=1S/C16H16Cl2N4O4/c1-9-19-13(21-22(9)12-10(17)3-2-4-11(12)18)14(23)20-16(15(24)25)5-7-26-8-6-16/h2-4H,5-8H2,1H3,(H,20,23)(H,24,25). The van der Waals surface area contributed by atoms with Crippen LogP contribution in [0.1, 0.15) is 29.3 Å². The van der Waals surface area contributed by atoms with Gasteiger partial charge in [0.15, 0.2) is 0 Å². The summed E-state index contributed by atoms with van der Waals surface area (Å²) in [4.78, 5) is 28.4. The summed E-state index contributed by atoms with van der Waals surface area (Å²) < 4.78 is 6.55. The summed E-state index contributed by atoms with van der Waals surface area (Å²) in [6, 6.07) is 4.98. The third-order valence-corrected chi connectivity index (χ3v) is 4.84. The van der Waals surface area contributed by atoms with Gasteiger partial charge in [0.2, 0.25) is 5.82 Å². The van der Waals surface area contributed by atoms with Crippen molar-refractivity contribution in [1.29, 1.82) is 0 Å². The van der Waals surface area contributed by atoms with Crippen LogP contribution in [0.25, 0.3) is 5.69 Å². The summed E-state index contributed by atoms with van der Waals surface area (Å²) in [5.74, 6) is -1.56. The van der Waals surface area contributed by atoms with Crippen molar-refractivity contribution in [2.45, 2.75) is 25.3 Å². The summed E-state index contributed by atoms with van der Waals surface area (Å²) in [6.07, 6.45) is 0.341. The molecule has 138 valence electrons. The molecule has 1 amide bonds. The number of carbonyl (C=O) groups is 2. The minimum atomic E-state index is -1.39. The van der Waals surface area contributed by atoms with E-state index in [-0.39, 0.29) is 31.9 Å². The Balaban J connectivity index is 1.91. The Labute approximate surface area is 159 Å². The average Bonchev–Trinajstić information content (AvgIpc) is 2.97. The Morgan fingerprint density at radius 3 is 2.46 bits per heavy atom. The molecule has 1 fully saturated rings. The lowest BCUT2D eigenvalue weighted by atomic mass is 9.90. The summed E-state index contributed by atoms with van der Waals surface area (Å²) >= 11 is 12.4. The largest absolute Gasteiger partial charge is 0.480 e. The molecule has 2 N–H and O–H groups in total. The molecule has 1 saturated heterocycles. The highest BCUT2D eigenvalue weighted by molar-refractivity contribution is 6.37. The molecule has 1 aliphatic rings. The predicted octanol–water partition coefficient (Wildman–Crippen LogP) is 2.25. The van der Waals surface area contributed by atoms with E-state index < -0.39 is 17.4 Å². The molecule has 26 heavy (non-hydrogen) atoms. The van der Waals surface area contributed by atoms with Gasteiger partial charge < -0.3 is 15.2 Å². The number of carbonyl (C=O) groups excluding carboxylic acids is 1. The van der Waals surface area contributed by atoms with Crippen LogP contribution in [0, 0.1) is 6.92 Å². The van der Waals surface area contributed by atoms with E-state index in [2.05, 4.69) is 15.4 Å². The zero-order valence-electron chi connectivity index (χ0n) is 13.8. The van der Waals surface area contributed by atoms with Gasteiger partial charge in [-0.1, -0.05) is 29.3 Å². The first-order chi connectivity index (χ1) is 12.3. The maximum atomic E-state index is 12.6. The van der Waals surface area contributed by atoms with Crippen molar-refractivity contribution in [3.8, 4) is 5.69 Å². The van der Waals surface area contributed by atoms with E-state index in [1.165, 1.54) is 4.68 Å². The number of aliphatic carboxylic acids is 1. The molecule has 10 heteroatoms. The van der Waals surface area contributed by atoms with Gasteiger partial charge in [-0.15, -0.1) is 5.10 Å². The highest BCUT2D eigenvalue weighted by Gasteiger charge is 2.42. The monoisotopic (exact) mass is 398 g/mol. The number of rotatable bonds is 4. The number of para-hydroxylation sites is 1. The second kappa shape index (κ2) is 7.22. The van der Waals surface area contributed by atoms with Crippen molar-refractivity contribution in [2.75, 3.05) is 13.2 Å². The van der Waals surface area contributed by atoms with Crippen LogP contribution < -0.4 is 5.32 Å². The van der Waals surface area contributed by atoms with E-state index in [0.717, 1.165) is 0 Å². The molecule has 0 radical (unpaired) electrons. The fourth-order valence-corrected chi connectivity index (χ4v) is 3.33. The number of carboxylic acid groups (broad SMARTS) is 1. The number of aryl methyl sites for hydroxylation is 1. The van der Waals surface area contributed by atoms with Crippen molar-refractivity contribution < 1.29 is 19.4 Å². The first kappa shape index (κ1) is 18.6. The van der Waals surface area contributed by atoms with Crippen molar-refractivity contribution in [1.82, 2.24) is 20.1 Å². The fraction of sp³-hybridized carbons (Fsp3) is 0.375. The van der Waals surface area contributed by atoms with Crippen molar-refractivity contribution in [3.05, 3.63) is 39.9 Å². The van der Waals surface area contributed by atoms with Crippen molar-refractivity contribution in [3.63, 3.8) is 0 Å². The molecule has 1 aromatic heterocycles. The number of benzene rings is 1. The molecule has 0 atom stereocenters. The van der Waals surface area contributed by atoms with Gasteiger partial charge in [0, 0.05) is 26.1 Å². The Hall–Kier alpha value is -2.16. The number of carboxylic acids is 1. The molecular weight excluding hydrogens is 383 g/mol. The minimum absolute atomic E-state index is 0.161. The number of ether oxygens (including phenoxy) is 1. The highest BCUT2D eigenvalue weighted by atomic mass is 35.5. The third-order valence-electron chi connectivity index (χ3n) is 4.23. The summed E-state index contributed by atoms with van der Waals surface area (Å²) in [5.41, 5.74) is -0.990. The second-order valence-electron chi connectivity index (χ2n) is 5.92. The maximum absolute atomic E-state index is 12.6. The van der Waals surface area contributed by atoms with E-state index in [1.807, 2.05) is 0 Å². The number of nitrogens with zero attached hydrogens (tertiary/aromatic N) is 3. The van der Waals surface area contributed by atoms with E-state index in [0.29, 0.717) is 21.6 Å². The minimum Gasteiger partial charge on any atom is -0.480 e. The maximum Gasteiger partial charge on any atom is 0.329 e. The van der Waals surface area contributed by atoms with Crippen LogP contribution in [0.3, 0.4) is 0 Å².